The number of pyridine rings is 1. The Morgan fingerprint density at radius 2 is 1.62 bits per heavy atom. The molecule has 5 nitrogen and oxygen atoms in total. The molecule has 3 aromatic rings. The molecule has 2 heterocycles. The van der Waals surface area contributed by atoms with Crippen LogP contribution in [0.2, 0.25) is 5.02 Å². The van der Waals surface area contributed by atoms with Crippen LogP contribution >= 0.6 is 11.6 Å². The number of carbonyl (C=O) groups is 2. The van der Waals surface area contributed by atoms with E-state index in [-0.39, 0.29) is 17.9 Å². The van der Waals surface area contributed by atoms with Gasteiger partial charge in [0.1, 0.15) is 5.76 Å². The number of aliphatic hydroxyl groups is 1. The van der Waals surface area contributed by atoms with Gasteiger partial charge >= 0.3 is 0 Å². The first-order valence-electron chi connectivity index (χ1n) is 9.04. The zero-order chi connectivity index (χ0) is 20.4. The largest absolute Gasteiger partial charge is 0.507 e. The van der Waals surface area contributed by atoms with Crippen LogP contribution in [0.3, 0.4) is 0 Å². The average molecular weight is 405 g/mol. The number of halogens is 1. The summed E-state index contributed by atoms with van der Waals surface area (Å²) in [4.78, 5) is 31.3. The van der Waals surface area contributed by atoms with E-state index in [1.54, 1.807) is 48.8 Å². The smallest absolute Gasteiger partial charge is 0.295 e. The standard InChI is InChI=1S/C23H17ClN2O3/c24-18-8-6-17(7-9-18)21(27)19-20(16-10-12-25-13-11-16)26(23(29)22(19)28)14-15-4-2-1-3-5-15/h1-13,20,27H,14H2/b21-19+. The summed E-state index contributed by atoms with van der Waals surface area (Å²) >= 11 is 5.93. The Balaban J connectivity index is 1.85. The van der Waals surface area contributed by atoms with Crippen LogP contribution in [-0.4, -0.2) is 26.7 Å². The number of carbonyl (C=O) groups excluding carboxylic acids is 2. The van der Waals surface area contributed by atoms with Crippen LogP contribution in [0.4, 0.5) is 0 Å². The van der Waals surface area contributed by atoms with Gasteiger partial charge in [-0.05, 0) is 47.5 Å². The van der Waals surface area contributed by atoms with Gasteiger partial charge in [0.15, 0.2) is 0 Å². The van der Waals surface area contributed by atoms with Crippen molar-refractivity contribution in [1.82, 2.24) is 9.88 Å². The predicted octanol–water partition coefficient (Wildman–Crippen LogP) is 4.36. The summed E-state index contributed by atoms with van der Waals surface area (Å²) in [5.41, 5.74) is 2.07. The minimum absolute atomic E-state index is 0.0550. The van der Waals surface area contributed by atoms with Crippen LogP contribution in [0.25, 0.3) is 5.76 Å². The number of aromatic nitrogens is 1. The number of hydrogen-bond acceptors (Lipinski definition) is 4. The van der Waals surface area contributed by atoms with Gasteiger partial charge in [-0.3, -0.25) is 14.6 Å². The maximum Gasteiger partial charge on any atom is 0.295 e. The SMILES string of the molecule is O=C1C(=O)N(Cc2ccccc2)C(c2ccncc2)/C1=C(\O)c1ccc(Cl)cc1. The van der Waals surface area contributed by atoms with Gasteiger partial charge in [-0.1, -0.05) is 41.9 Å². The molecule has 1 aromatic heterocycles. The fraction of sp³-hybridized carbons (Fsp3) is 0.0870. The lowest BCUT2D eigenvalue weighted by molar-refractivity contribution is -0.140. The number of likely N-dealkylation sites (tertiary alicyclic amines) is 1. The fourth-order valence-corrected chi connectivity index (χ4v) is 3.60. The molecule has 4 rings (SSSR count). The normalized spacial score (nSPS) is 18.2. The Hall–Kier alpha value is -3.44. The summed E-state index contributed by atoms with van der Waals surface area (Å²) in [6.07, 6.45) is 3.19. The van der Waals surface area contributed by atoms with Gasteiger partial charge in [-0.25, -0.2) is 0 Å². The van der Waals surface area contributed by atoms with Gasteiger partial charge in [-0.15, -0.1) is 0 Å². The Bertz CT molecular complexity index is 1080. The van der Waals surface area contributed by atoms with Crippen molar-refractivity contribution in [2.75, 3.05) is 0 Å². The van der Waals surface area contributed by atoms with E-state index in [4.69, 9.17) is 11.6 Å². The molecule has 0 bridgehead atoms. The molecule has 2 aromatic carbocycles. The van der Waals surface area contributed by atoms with Crippen molar-refractivity contribution in [3.8, 4) is 0 Å². The molecular weight excluding hydrogens is 388 g/mol. The first-order chi connectivity index (χ1) is 14.1. The van der Waals surface area contributed by atoms with Gasteiger partial charge in [0.2, 0.25) is 0 Å². The topological polar surface area (TPSA) is 70.5 Å². The Morgan fingerprint density at radius 3 is 2.28 bits per heavy atom. The third-order valence-electron chi connectivity index (χ3n) is 4.88. The summed E-state index contributed by atoms with van der Waals surface area (Å²) in [7, 11) is 0. The summed E-state index contributed by atoms with van der Waals surface area (Å²) in [6.45, 7) is 0.246. The van der Waals surface area contributed by atoms with Crippen LogP contribution in [0.1, 0.15) is 22.7 Å². The molecule has 0 radical (unpaired) electrons. The molecule has 0 saturated carbocycles. The lowest BCUT2D eigenvalue weighted by atomic mass is 9.96. The van der Waals surface area contributed by atoms with Crippen molar-refractivity contribution in [3.05, 3.63) is 106 Å². The molecule has 144 valence electrons. The number of amides is 1. The molecule has 1 amide bonds. The van der Waals surface area contributed by atoms with Gasteiger partial charge in [0, 0.05) is 29.5 Å². The number of ketones is 1. The highest BCUT2D eigenvalue weighted by Crippen LogP contribution is 2.40. The number of nitrogens with zero attached hydrogens (tertiary/aromatic N) is 2. The van der Waals surface area contributed by atoms with Gasteiger partial charge < -0.3 is 10.0 Å². The third kappa shape index (κ3) is 3.65. The van der Waals surface area contributed by atoms with Gasteiger partial charge in [0.25, 0.3) is 11.7 Å². The molecule has 0 spiro atoms. The van der Waals surface area contributed by atoms with Crippen molar-refractivity contribution in [2.24, 2.45) is 0 Å². The lowest BCUT2D eigenvalue weighted by Crippen LogP contribution is -2.29. The molecule has 1 fully saturated rings. The molecule has 6 heteroatoms. The zero-order valence-corrected chi connectivity index (χ0v) is 16.1. The molecular formula is C23H17ClN2O3. The molecule has 1 aliphatic rings. The highest BCUT2D eigenvalue weighted by Gasteiger charge is 2.46. The fourth-order valence-electron chi connectivity index (χ4n) is 3.48. The number of benzene rings is 2. The van der Waals surface area contributed by atoms with Crippen LogP contribution < -0.4 is 0 Å². The molecule has 1 atom stereocenters. The van der Waals surface area contributed by atoms with E-state index in [1.807, 2.05) is 30.3 Å². The van der Waals surface area contributed by atoms with Crippen molar-refractivity contribution < 1.29 is 14.7 Å². The van der Waals surface area contributed by atoms with Crippen molar-refractivity contribution in [1.29, 1.82) is 0 Å². The summed E-state index contributed by atoms with van der Waals surface area (Å²) in [5.74, 6) is -1.58. The van der Waals surface area contributed by atoms with Crippen molar-refractivity contribution >= 4 is 29.1 Å². The van der Waals surface area contributed by atoms with Crippen LogP contribution in [-0.2, 0) is 16.1 Å². The summed E-state index contributed by atoms with van der Waals surface area (Å²) in [5, 5.41) is 11.4. The van der Waals surface area contributed by atoms with Crippen LogP contribution in [0, 0.1) is 0 Å². The molecule has 1 unspecified atom stereocenters. The van der Waals surface area contributed by atoms with E-state index >= 15 is 0 Å². The van der Waals surface area contributed by atoms with Gasteiger partial charge in [-0.2, -0.15) is 0 Å². The van der Waals surface area contributed by atoms with E-state index < -0.39 is 17.7 Å². The first-order valence-corrected chi connectivity index (χ1v) is 9.42. The lowest BCUT2D eigenvalue weighted by Gasteiger charge is -2.25. The number of Topliss-reactive ketones (excluding diaryl/α,β-unsaturated/α-hetero) is 1. The average Bonchev–Trinajstić information content (AvgIpc) is 3.00. The van der Waals surface area contributed by atoms with Crippen LogP contribution in [0.15, 0.2) is 84.7 Å². The summed E-state index contributed by atoms with van der Waals surface area (Å²) in [6, 6.07) is 18.7. The number of rotatable bonds is 4. The Kier molecular flexibility index (Phi) is 5.14. The van der Waals surface area contributed by atoms with E-state index in [0.29, 0.717) is 16.1 Å². The van der Waals surface area contributed by atoms with Crippen molar-refractivity contribution in [3.63, 3.8) is 0 Å². The van der Waals surface area contributed by atoms with Crippen molar-refractivity contribution in [2.45, 2.75) is 12.6 Å². The van der Waals surface area contributed by atoms with E-state index in [1.165, 1.54) is 4.90 Å². The highest BCUT2D eigenvalue weighted by atomic mass is 35.5. The first kappa shape index (κ1) is 18.9. The second kappa shape index (κ2) is 7.89. The molecule has 0 aliphatic carbocycles. The van der Waals surface area contributed by atoms with Crippen LogP contribution in [0.5, 0.6) is 0 Å². The highest BCUT2D eigenvalue weighted by molar-refractivity contribution is 6.46. The minimum atomic E-state index is -0.714. The second-order valence-electron chi connectivity index (χ2n) is 6.70. The minimum Gasteiger partial charge on any atom is -0.507 e. The van der Waals surface area contributed by atoms with E-state index in [9.17, 15) is 14.7 Å². The Labute approximate surface area is 172 Å². The maximum atomic E-state index is 12.9. The zero-order valence-electron chi connectivity index (χ0n) is 15.3. The Morgan fingerprint density at radius 1 is 0.966 bits per heavy atom. The molecule has 1 aliphatic heterocycles. The molecule has 1 N–H and O–H groups in total. The number of aliphatic hydroxyl groups excluding tert-OH is 1. The molecule has 29 heavy (non-hydrogen) atoms. The van der Waals surface area contributed by atoms with E-state index in [0.717, 1.165) is 5.56 Å². The maximum absolute atomic E-state index is 12.9. The summed E-state index contributed by atoms with van der Waals surface area (Å²) < 4.78 is 0. The predicted molar refractivity (Wildman–Crippen MR) is 110 cm³/mol. The quantitative estimate of drug-likeness (QED) is 0.398. The second-order valence-corrected chi connectivity index (χ2v) is 7.14. The molecule has 1 saturated heterocycles. The monoisotopic (exact) mass is 404 g/mol. The van der Waals surface area contributed by atoms with E-state index in [2.05, 4.69) is 4.98 Å². The third-order valence-corrected chi connectivity index (χ3v) is 5.13. The van der Waals surface area contributed by atoms with Gasteiger partial charge in [0.05, 0.1) is 11.6 Å². The number of hydrogen-bond donors (Lipinski definition) is 1.